The molecule has 4 rings (SSSR count). The van der Waals surface area contributed by atoms with Gasteiger partial charge in [0.1, 0.15) is 36.6 Å². The molecule has 0 spiro atoms. The first kappa shape index (κ1) is 35.4. The van der Waals surface area contributed by atoms with Gasteiger partial charge in [0, 0.05) is 24.5 Å². The van der Waals surface area contributed by atoms with Crippen molar-refractivity contribution in [2.75, 3.05) is 13.2 Å². The SMILES string of the molecule is O=c1ccn([C@@H]2O[C@H](COP(=O)([O-])OP(=O)([O-])OP(=O)([O-])OC[C@@H]3O[C@@H](n4ccc(=O)[nH]c4=O)C(O)[C@@H]3O)[C@H](O)C2O)c(=O)[nH]1. The minimum atomic E-state index is -6.37. The predicted molar refractivity (Wildman–Crippen MR) is 131 cm³/mol. The number of phosphoric acid groups is 3. The summed E-state index contributed by atoms with van der Waals surface area (Å²) in [5, 5.41) is 40.5. The Labute approximate surface area is 247 Å². The standard InChI is InChI=1S/C18H25N4O20P3/c23-9-1-3-21(17(29)19-9)15-13(27)11(25)7(39-15)5-37-43(31,32)41-45(35,36)42-44(33,34)38-6-8-12(26)14(28)16(40-8)22-4-2-10(24)20-18(22)30/h1-4,7-8,11-16,25-28H,5-6H2,(H,31,32)(H,33,34)(H,35,36)(H,19,23,29)(H,20,24,30)/p-3/t7-,8+,11+,12-,13?,14?,15-,16-/m1/s1. The monoisotopic (exact) mass is 707 g/mol. The highest BCUT2D eigenvalue weighted by Crippen LogP contribution is 2.63. The van der Waals surface area contributed by atoms with E-state index in [2.05, 4.69) is 17.7 Å². The molecule has 252 valence electrons. The number of aliphatic hydroxyl groups excluding tert-OH is 4. The molecule has 2 saturated heterocycles. The lowest BCUT2D eigenvalue weighted by Crippen LogP contribution is -2.37. The van der Waals surface area contributed by atoms with Gasteiger partial charge in [0.15, 0.2) is 12.5 Å². The zero-order valence-electron chi connectivity index (χ0n) is 21.9. The van der Waals surface area contributed by atoms with Crippen LogP contribution in [0, 0.1) is 0 Å². The Morgan fingerprint density at radius 1 is 0.667 bits per heavy atom. The summed E-state index contributed by atoms with van der Waals surface area (Å²) in [5.74, 6) is 0. The van der Waals surface area contributed by atoms with Crippen molar-refractivity contribution in [2.24, 2.45) is 0 Å². The molecule has 6 N–H and O–H groups in total. The maximum atomic E-state index is 12.1. The van der Waals surface area contributed by atoms with Gasteiger partial charge in [-0.2, -0.15) is 0 Å². The van der Waals surface area contributed by atoms with Gasteiger partial charge in [-0.15, -0.1) is 0 Å². The molecular formula is C18H22N4O20P3-3. The first-order valence-electron chi connectivity index (χ1n) is 12.1. The number of phosphoric ester groups is 2. The molecule has 0 radical (unpaired) electrons. The van der Waals surface area contributed by atoms with Crippen molar-refractivity contribution >= 4 is 23.5 Å². The first-order chi connectivity index (χ1) is 20.8. The Bertz CT molecular complexity index is 1650. The predicted octanol–water partition coefficient (Wildman–Crippen LogP) is -6.20. The van der Waals surface area contributed by atoms with E-state index in [-0.39, 0.29) is 0 Å². The highest BCUT2D eigenvalue weighted by molar-refractivity contribution is 7.65. The Hall–Kier alpha value is -2.47. The molecule has 4 heterocycles. The number of aromatic amines is 2. The molecule has 0 bridgehead atoms. The van der Waals surface area contributed by atoms with Gasteiger partial charge >= 0.3 is 11.4 Å². The number of hydrogen-bond donors (Lipinski definition) is 6. The number of aromatic nitrogens is 4. The summed E-state index contributed by atoms with van der Waals surface area (Å²) in [5.41, 5.74) is -3.74. The summed E-state index contributed by atoms with van der Waals surface area (Å²) in [6, 6.07) is 1.75. The van der Waals surface area contributed by atoms with Crippen LogP contribution in [0.1, 0.15) is 12.5 Å². The van der Waals surface area contributed by atoms with Gasteiger partial charge in [-0.1, -0.05) is 0 Å². The van der Waals surface area contributed by atoms with Crippen LogP contribution in [0.5, 0.6) is 0 Å². The van der Waals surface area contributed by atoms with Crippen LogP contribution in [0.15, 0.2) is 43.7 Å². The van der Waals surface area contributed by atoms with E-state index < -0.39 is 108 Å². The van der Waals surface area contributed by atoms with E-state index >= 15 is 0 Å². The zero-order valence-corrected chi connectivity index (χ0v) is 24.6. The van der Waals surface area contributed by atoms with Gasteiger partial charge in [0.05, 0.1) is 13.2 Å². The van der Waals surface area contributed by atoms with Crippen molar-refractivity contribution < 1.29 is 75.9 Å². The van der Waals surface area contributed by atoms with Crippen molar-refractivity contribution in [3.63, 3.8) is 0 Å². The Kier molecular flexibility index (Phi) is 10.5. The molecule has 0 amide bonds. The summed E-state index contributed by atoms with van der Waals surface area (Å²) in [7, 11) is -18.4. The quantitative estimate of drug-likeness (QED) is 0.112. The van der Waals surface area contributed by atoms with Crippen LogP contribution >= 0.6 is 23.5 Å². The molecule has 11 atom stereocenters. The van der Waals surface area contributed by atoms with E-state index in [9.17, 15) is 68.0 Å². The topological polar surface area (TPSA) is 366 Å². The van der Waals surface area contributed by atoms with Crippen LogP contribution < -0.4 is 37.2 Å². The van der Waals surface area contributed by atoms with Gasteiger partial charge in [-0.3, -0.25) is 42.4 Å². The van der Waals surface area contributed by atoms with Crippen LogP contribution in [-0.4, -0.2) is 89.4 Å². The summed E-state index contributed by atoms with van der Waals surface area (Å²) in [4.78, 5) is 86.1. The van der Waals surface area contributed by atoms with Crippen molar-refractivity contribution in [1.29, 1.82) is 0 Å². The van der Waals surface area contributed by atoms with Crippen molar-refractivity contribution in [1.82, 2.24) is 19.1 Å². The van der Waals surface area contributed by atoms with Gasteiger partial charge < -0.3 is 53.6 Å². The second kappa shape index (κ2) is 13.3. The number of ether oxygens (including phenoxy) is 2. The van der Waals surface area contributed by atoms with Crippen molar-refractivity contribution in [3.05, 3.63) is 66.2 Å². The Balaban J connectivity index is 1.31. The fraction of sp³-hybridized carbons (Fsp3) is 0.556. The maximum Gasteiger partial charge on any atom is 0.330 e. The van der Waals surface area contributed by atoms with E-state index in [0.29, 0.717) is 9.13 Å². The highest BCUT2D eigenvalue weighted by atomic mass is 31.3. The summed E-state index contributed by atoms with van der Waals surface area (Å²) in [6.45, 7) is -2.48. The molecule has 2 aromatic rings. The van der Waals surface area contributed by atoms with E-state index in [1.54, 1.807) is 0 Å². The maximum absolute atomic E-state index is 12.1. The van der Waals surface area contributed by atoms with Crippen LogP contribution in [0.2, 0.25) is 0 Å². The molecular weight excluding hydrogens is 685 g/mol. The van der Waals surface area contributed by atoms with E-state index in [1.165, 1.54) is 0 Å². The molecule has 0 aromatic carbocycles. The lowest BCUT2D eigenvalue weighted by Gasteiger charge is -2.34. The summed E-state index contributed by atoms with van der Waals surface area (Å²) in [6.07, 6.45) is -12.6. The second-order valence-electron chi connectivity index (χ2n) is 9.22. The average molecular weight is 707 g/mol. The van der Waals surface area contributed by atoms with Gasteiger partial charge in [0.2, 0.25) is 0 Å². The van der Waals surface area contributed by atoms with E-state index in [4.69, 9.17) is 9.47 Å². The largest absolute Gasteiger partial charge is 0.756 e. The van der Waals surface area contributed by atoms with E-state index in [0.717, 1.165) is 24.5 Å². The van der Waals surface area contributed by atoms with Crippen molar-refractivity contribution in [3.8, 4) is 0 Å². The number of nitrogens with zero attached hydrogens (tertiary/aromatic N) is 2. The number of hydrogen-bond acceptors (Lipinski definition) is 20. The Morgan fingerprint density at radius 2 is 1.02 bits per heavy atom. The minimum absolute atomic E-state index is 0.647. The zero-order chi connectivity index (χ0) is 33.5. The van der Waals surface area contributed by atoms with Crippen LogP contribution in [0.4, 0.5) is 0 Å². The minimum Gasteiger partial charge on any atom is -0.756 e. The summed E-state index contributed by atoms with van der Waals surface area (Å²) < 4.78 is 63.6. The second-order valence-corrected chi connectivity index (χ2v) is 13.7. The molecule has 5 unspecified atom stereocenters. The third kappa shape index (κ3) is 8.47. The molecule has 2 aromatic heterocycles. The number of nitrogens with one attached hydrogen (secondary N) is 2. The smallest absolute Gasteiger partial charge is 0.330 e. The third-order valence-electron chi connectivity index (χ3n) is 6.12. The number of H-pyrrole nitrogens is 2. The number of aliphatic hydroxyl groups is 4. The van der Waals surface area contributed by atoms with Crippen LogP contribution in [0.3, 0.4) is 0 Å². The van der Waals surface area contributed by atoms with Gasteiger partial charge in [0.25, 0.3) is 34.6 Å². The molecule has 24 nitrogen and oxygen atoms in total. The molecule has 2 aliphatic rings. The normalized spacial score (nSPS) is 32.5. The van der Waals surface area contributed by atoms with E-state index in [1.807, 2.05) is 9.97 Å². The first-order valence-corrected chi connectivity index (χ1v) is 16.5. The lowest BCUT2D eigenvalue weighted by molar-refractivity contribution is -0.252. The molecule has 45 heavy (non-hydrogen) atoms. The van der Waals surface area contributed by atoms with Gasteiger partial charge in [-0.25, -0.2) is 18.2 Å². The summed E-state index contributed by atoms with van der Waals surface area (Å²) >= 11 is 0. The van der Waals surface area contributed by atoms with Gasteiger partial charge in [-0.05, 0) is 0 Å². The average Bonchev–Trinajstić information content (AvgIpc) is 3.35. The molecule has 27 heteroatoms. The Morgan fingerprint density at radius 3 is 1.36 bits per heavy atom. The number of rotatable bonds is 12. The fourth-order valence-corrected chi connectivity index (χ4v) is 7.47. The molecule has 0 aliphatic carbocycles. The molecule has 2 aliphatic heterocycles. The van der Waals surface area contributed by atoms with Crippen LogP contribution in [-0.2, 0) is 40.8 Å². The highest BCUT2D eigenvalue weighted by Gasteiger charge is 2.46. The van der Waals surface area contributed by atoms with Crippen molar-refractivity contribution in [2.45, 2.75) is 49.1 Å². The third-order valence-corrected chi connectivity index (χ3v) is 10.2. The molecule has 0 saturated carbocycles. The fourth-order valence-electron chi connectivity index (χ4n) is 4.09. The molecule has 2 fully saturated rings. The van der Waals surface area contributed by atoms with Crippen LogP contribution in [0.25, 0.3) is 0 Å². The lowest BCUT2D eigenvalue weighted by atomic mass is 10.1.